The summed E-state index contributed by atoms with van der Waals surface area (Å²) >= 11 is 0. The van der Waals surface area contributed by atoms with Crippen molar-refractivity contribution in [2.45, 2.75) is 0 Å². The van der Waals surface area contributed by atoms with Crippen LogP contribution in [0.3, 0.4) is 0 Å². The fourth-order valence-electron chi connectivity index (χ4n) is 1.15. The molecule has 0 saturated carbocycles. The van der Waals surface area contributed by atoms with E-state index in [0.29, 0.717) is 0 Å². The topological polar surface area (TPSA) is 117 Å². The summed E-state index contributed by atoms with van der Waals surface area (Å²) in [6.45, 7) is 0. The highest BCUT2D eigenvalue weighted by molar-refractivity contribution is 5.98. The summed E-state index contributed by atoms with van der Waals surface area (Å²) in [5.41, 5.74) is 12.3. The molecule has 1 aromatic heterocycles. The highest BCUT2D eigenvalue weighted by atomic mass is 16.6. The molecule has 0 unspecified atom stereocenters. The Bertz CT molecular complexity index is 545. The molecule has 0 bridgehead atoms. The zero-order valence-electron chi connectivity index (χ0n) is 8.87. The quantitative estimate of drug-likeness (QED) is 0.336. The summed E-state index contributed by atoms with van der Waals surface area (Å²) in [5.74, 6) is 0.212. The Morgan fingerprint density at radius 3 is 2.71 bits per heavy atom. The van der Waals surface area contributed by atoms with Crippen LogP contribution in [-0.4, -0.2) is 22.4 Å². The maximum Gasteiger partial charge on any atom is 0.224 e. The lowest BCUT2D eigenvalue weighted by Crippen LogP contribution is -2.63. The number of hydrogen-bond acceptors (Lipinski definition) is 5. The van der Waals surface area contributed by atoms with Crippen LogP contribution in [0.25, 0.3) is 0 Å². The predicted octanol–water partition coefficient (Wildman–Crippen LogP) is -1.53. The molecule has 0 atom stereocenters. The Labute approximate surface area is 96.8 Å². The maximum absolute atomic E-state index is 5.63. The molecule has 0 aliphatic heterocycles. The number of anilines is 1. The summed E-state index contributed by atoms with van der Waals surface area (Å²) in [6.07, 6.45) is 1.69. The number of aromatic nitrogens is 2. The zero-order chi connectivity index (χ0) is 12.1. The SMILES string of the molecule is NC(=N/[NH+]=C\c1ccccc1)c1nonc1N. The average molecular weight is 231 g/mol. The number of nitrogen functional groups attached to an aromatic ring is 1. The van der Waals surface area contributed by atoms with Gasteiger partial charge in [-0.2, -0.15) is 0 Å². The molecule has 86 valence electrons. The van der Waals surface area contributed by atoms with E-state index in [0.717, 1.165) is 5.56 Å². The van der Waals surface area contributed by atoms with Crippen LogP contribution in [0.5, 0.6) is 0 Å². The number of nitrogens with zero attached hydrogens (tertiary/aromatic N) is 3. The van der Waals surface area contributed by atoms with Gasteiger partial charge < -0.3 is 11.5 Å². The van der Waals surface area contributed by atoms with Gasteiger partial charge in [-0.1, -0.05) is 18.2 Å². The van der Waals surface area contributed by atoms with E-state index in [-0.39, 0.29) is 17.3 Å². The highest BCUT2D eigenvalue weighted by Crippen LogP contribution is 2.01. The van der Waals surface area contributed by atoms with E-state index in [1.807, 2.05) is 30.3 Å². The Kier molecular flexibility index (Phi) is 3.10. The maximum atomic E-state index is 5.63. The first kappa shape index (κ1) is 10.8. The Hall–Kier alpha value is -2.70. The van der Waals surface area contributed by atoms with Gasteiger partial charge in [-0.05, 0) is 22.4 Å². The van der Waals surface area contributed by atoms with Gasteiger partial charge in [0, 0.05) is 10.7 Å². The third-order valence-electron chi connectivity index (χ3n) is 1.97. The summed E-state index contributed by atoms with van der Waals surface area (Å²) < 4.78 is 4.41. The normalized spacial score (nSPS) is 12.1. The molecule has 1 heterocycles. The first-order chi connectivity index (χ1) is 8.27. The lowest BCUT2D eigenvalue weighted by Gasteiger charge is -1.87. The van der Waals surface area contributed by atoms with E-state index in [1.54, 1.807) is 6.21 Å². The Balaban J connectivity index is 2.11. The molecule has 7 heteroatoms. The molecule has 0 radical (unpaired) electrons. The van der Waals surface area contributed by atoms with E-state index in [9.17, 15) is 0 Å². The van der Waals surface area contributed by atoms with Crippen LogP contribution in [0.2, 0.25) is 0 Å². The van der Waals surface area contributed by atoms with Gasteiger partial charge in [0.15, 0.2) is 11.5 Å². The lowest BCUT2D eigenvalue weighted by atomic mass is 10.2. The predicted molar refractivity (Wildman–Crippen MR) is 62.0 cm³/mol. The van der Waals surface area contributed by atoms with Crippen molar-refractivity contribution in [2.75, 3.05) is 5.73 Å². The van der Waals surface area contributed by atoms with Gasteiger partial charge in [0.1, 0.15) is 0 Å². The monoisotopic (exact) mass is 231 g/mol. The molecule has 0 fully saturated rings. The van der Waals surface area contributed by atoms with Crippen LogP contribution in [0.1, 0.15) is 11.3 Å². The van der Waals surface area contributed by atoms with Gasteiger partial charge in [-0.25, -0.2) is 4.63 Å². The van der Waals surface area contributed by atoms with E-state index in [4.69, 9.17) is 11.5 Å². The molecule has 1 aromatic carbocycles. The first-order valence-corrected chi connectivity index (χ1v) is 4.82. The van der Waals surface area contributed by atoms with Crippen LogP contribution in [0, 0.1) is 0 Å². The summed E-state index contributed by atoms with van der Waals surface area (Å²) in [7, 11) is 0. The second-order valence-corrected chi connectivity index (χ2v) is 3.18. The molecule has 2 rings (SSSR count). The number of hydrazone groups is 1. The second-order valence-electron chi connectivity index (χ2n) is 3.18. The summed E-state index contributed by atoms with van der Waals surface area (Å²) in [6, 6.07) is 9.60. The molecule has 0 aliphatic carbocycles. The van der Waals surface area contributed by atoms with Crippen molar-refractivity contribution < 1.29 is 9.73 Å². The van der Waals surface area contributed by atoms with Crippen LogP contribution >= 0.6 is 0 Å². The van der Waals surface area contributed by atoms with Crippen molar-refractivity contribution in [3.8, 4) is 0 Å². The standard InChI is InChI=1S/C10H10N6O/c11-9(8-10(12)16-17-15-8)14-13-6-7-4-2-1-3-5-7/h1-6H,(H2,11,14)(H2,12,16)/p+1/b13-6-. The number of rotatable bonds is 3. The summed E-state index contributed by atoms with van der Waals surface area (Å²) in [4.78, 5) is 0. The molecule has 0 spiro atoms. The Morgan fingerprint density at radius 1 is 1.29 bits per heavy atom. The number of nitrogens with one attached hydrogen (secondary N) is 1. The molecular weight excluding hydrogens is 220 g/mol. The third-order valence-corrected chi connectivity index (χ3v) is 1.97. The van der Waals surface area contributed by atoms with Crippen molar-refractivity contribution in [2.24, 2.45) is 10.8 Å². The van der Waals surface area contributed by atoms with Crippen LogP contribution < -0.4 is 16.6 Å². The third kappa shape index (κ3) is 2.65. The van der Waals surface area contributed by atoms with Gasteiger partial charge in [-0.3, -0.25) is 0 Å². The van der Waals surface area contributed by atoms with Crippen LogP contribution in [0.15, 0.2) is 40.1 Å². The smallest absolute Gasteiger partial charge is 0.224 e. The number of hydrogen-bond donors (Lipinski definition) is 3. The number of benzene rings is 1. The molecule has 7 nitrogen and oxygen atoms in total. The van der Waals surface area contributed by atoms with Crippen LogP contribution in [0.4, 0.5) is 5.82 Å². The van der Waals surface area contributed by atoms with Gasteiger partial charge >= 0.3 is 0 Å². The Morgan fingerprint density at radius 2 is 2.06 bits per heavy atom. The second kappa shape index (κ2) is 4.88. The fraction of sp³-hybridized carbons (Fsp3) is 0. The highest BCUT2D eigenvalue weighted by Gasteiger charge is 2.11. The molecule has 0 saturated heterocycles. The minimum absolute atomic E-state index is 0.104. The molecule has 2 aromatic rings. The number of nitrogens with two attached hydrogens (primary N) is 2. The molecule has 0 amide bonds. The van der Waals surface area contributed by atoms with Crippen LogP contribution in [-0.2, 0) is 0 Å². The largest absolute Gasteiger partial charge is 0.379 e. The van der Waals surface area contributed by atoms with Crippen molar-refractivity contribution in [1.82, 2.24) is 10.3 Å². The van der Waals surface area contributed by atoms with Gasteiger partial charge in [0.25, 0.3) is 0 Å². The minimum Gasteiger partial charge on any atom is -0.379 e. The zero-order valence-corrected chi connectivity index (χ0v) is 8.87. The van der Waals surface area contributed by atoms with Crippen molar-refractivity contribution in [1.29, 1.82) is 0 Å². The summed E-state index contributed by atoms with van der Waals surface area (Å²) in [5, 5.41) is 13.5. The van der Waals surface area contributed by atoms with Gasteiger partial charge in [0.2, 0.25) is 12.1 Å². The molecule has 5 N–H and O–H groups in total. The average Bonchev–Trinajstić information content (AvgIpc) is 2.77. The van der Waals surface area contributed by atoms with E-state index >= 15 is 0 Å². The molecule has 0 aliphatic rings. The van der Waals surface area contributed by atoms with Gasteiger partial charge in [0.05, 0.1) is 0 Å². The fourth-order valence-corrected chi connectivity index (χ4v) is 1.15. The van der Waals surface area contributed by atoms with Gasteiger partial charge in [-0.15, -0.1) is 5.10 Å². The van der Waals surface area contributed by atoms with E-state index in [1.165, 1.54) is 0 Å². The molecule has 17 heavy (non-hydrogen) atoms. The molecular formula is C10H11N6O+. The van der Waals surface area contributed by atoms with E-state index in [2.05, 4.69) is 25.1 Å². The first-order valence-electron chi connectivity index (χ1n) is 4.82. The minimum atomic E-state index is 0.104. The van der Waals surface area contributed by atoms with Crippen molar-refractivity contribution in [3.05, 3.63) is 41.6 Å². The van der Waals surface area contributed by atoms with E-state index < -0.39 is 0 Å². The number of amidine groups is 1. The van der Waals surface area contributed by atoms with Crippen molar-refractivity contribution in [3.63, 3.8) is 0 Å². The lowest BCUT2D eigenvalue weighted by molar-refractivity contribution is -0.456. The van der Waals surface area contributed by atoms with Crippen molar-refractivity contribution >= 4 is 17.9 Å².